The highest BCUT2D eigenvalue weighted by molar-refractivity contribution is 7.89. The number of hydrogen-bond acceptors (Lipinski definition) is 4. The lowest BCUT2D eigenvalue weighted by Gasteiger charge is -2.17. The van der Waals surface area contributed by atoms with Gasteiger partial charge in [0.05, 0.1) is 11.9 Å². The molecule has 0 aromatic rings. The summed E-state index contributed by atoms with van der Waals surface area (Å²) in [5, 5.41) is 2.94. The summed E-state index contributed by atoms with van der Waals surface area (Å²) in [7, 11) is -1.30. The van der Waals surface area contributed by atoms with Crippen LogP contribution in [0, 0.1) is 5.92 Å². The molecule has 0 radical (unpaired) electrons. The molecular formula is C11H24N2O3S. The molecule has 0 bridgehead atoms. The van der Waals surface area contributed by atoms with Gasteiger partial charge >= 0.3 is 0 Å². The van der Waals surface area contributed by atoms with E-state index >= 15 is 0 Å². The van der Waals surface area contributed by atoms with Gasteiger partial charge in [0.1, 0.15) is 0 Å². The monoisotopic (exact) mass is 264 g/mol. The molecular weight excluding hydrogens is 240 g/mol. The number of hydrogen-bond donors (Lipinski definition) is 2. The van der Waals surface area contributed by atoms with E-state index in [1.165, 1.54) is 0 Å². The molecule has 102 valence electrons. The van der Waals surface area contributed by atoms with E-state index in [2.05, 4.69) is 17.0 Å². The Labute approximate surface area is 104 Å². The van der Waals surface area contributed by atoms with Gasteiger partial charge in [0.2, 0.25) is 10.0 Å². The molecule has 0 spiro atoms. The highest BCUT2D eigenvalue weighted by Crippen LogP contribution is 2.22. The quantitative estimate of drug-likeness (QED) is 0.620. The maximum Gasteiger partial charge on any atom is 0.211 e. The maximum atomic E-state index is 11.7. The van der Waals surface area contributed by atoms with Crippen LogP contribution in [0.4, 0.5) is 0 Å². The van der Waals surface area contributed by atoms with Crippen molar-refractivity contribution in [1.29, 1.82) is 0 Å². The minimum atomic E-state index is -3.12. The molecule has 1 aliphatic heterocycles. The fourth-order valence-electron chi connectivity index (χ4n) is 2.12. The van der Waals surface area contributed by atoms with Gasteiger partial charge in [0, 0.05) is 19.1 Å². The molecule has 0 aliphatic carbocycles. The molecule has 1 rings (SSSR count). The highest BCUT2D eigenvalue weighted by atomic mass is 32.2. The normalized spacial score (nSPS) is 25.3. The highest BCUT2D eigenvalue weighted by Gasteiger charge is 2.27. The fraction of sp³-hybridized carbons (Fsp3) is 1.00. The molecule has 1 heterocycles. The number of ether oxygens (including phenoxy) is 1. The van der Waals surface area contributed by atoms with Gasteiger partial charge in [-0.15, -0.1) is 0 Å². The van der Waals surface area contributed by atoms with Gasteiger partial charge in [-0.1, -0.05) is 6.92 Å². The Kier molecular flexibility index (Phi) is 6.40. The van der Waals surface area contributed by atoms with Crippen molar-refractivity contribution >= 4 is 10.0 Å². The molecule has 0 aromatic carbocycles. The first-order valence-corrected chi connectivity index (χ1v) is 7.98. The van der Waals surface area contributed by atoms with E-state index in [0.717, 1.165) is 26.0 Å². The Balaban J connectivity index is 2.28. The van der Waals surface area contributed by atoms with Crippen LogP contribution in [0.25, 0.3) is 0 Å². The van der Waals surface area contributed by atoms with E-state index in [1.807, 2.05) is 7.05 Å². The van der Waals surface area contributed by atoms with Crippen molar-refractivity contribution in [2.75, 3.05) is 32.5 Å². The minimum Gasteiger partial charge on any atom is -0.378 e. The van der Waals surface area contributed by atoms with E-state index in [9.17, 15) is 8.42 Å². The molecule has 2 atom stereocenters. The SMILES string of the molecule is CCC1OCCC1CNS(=O)(=O)CCCNC. The molecule has 6 heteroatoms. The Hall–Kier alpha value is -0.170. The number of rotatable bonds is 8. The zero-order valence-electron chi connectivity index (χ0n) is 10.7. The van der Waals surface area contributed by atoms with E-state index < -0.39 is 10.0 Å². The summed E-state index contributed by atoms with van der Waals surface area (Å²) in [6.45, 7) is 4.07. The van der Waals surface area contributed by atoms with Crippen LogP contribution in [-0.4, -0.2) is 47.0 Å². The standard InChI is InChI=1S/C11H24N2O3S/c1-3-11-10(5-7-16-11)9-13-17(14,15)8-4-6-12-2/h10-13H,3-9H2,1-2H3. The Bertz CT molecular complexity index is 306. The van der Waals surface area contributed by atoms with Crippen molar-refractivity contribution in [1.82, 2.24) is 10.0 Å². The van der Waals surface area contributed by atoms with Crippen molar-refractivity contribution in [2.45, 2.75) is 32.3 Å². The van der Waals surface area contributed by atoms with Gasteiger partial charge in [-0.3, -0.25) is 0 Å². The summed E-state index contributed by atoms with van der Waals surface area (Å²) in [6.07, 6.45) is 2.77. The summed E-state index contributed by atoms with van der Waals surface area (Å²) in [5.74, 6) is 0.525. The van der Waals surface area contributed by atoms with Crippen LogP contribution < -0.4 is 10.0 Å². The van der Waals surface area contributed by atoms with Crippen LogP contribution in [0.1, 0.15) is 26.2 Å². The fourth-order valence-corrected chi connectivity index (χ4v) is 3.26. The maximum absolute atomic E-state index is 11.7. The van der Waals surface area contributed by atoms with Crippen LogP contribution >= 0.6 is 0 Å². The van der Waals surface area contributed by atoms with Gasteiger partial charge in [0.15, 0.2) is 0 Å². The van der Waals surface area contributed by atoms with E-state index in [1.54, 1.807) is 0 Å². The number of sulfonamides is 1. The third-order valence-corrected chi connectivity index (χ3v) is 4.59. The Morgan fingerprint density at radius 2 is 2.18 bits per heavy atom. The van der Waals surface area contributed by atoms with Crippen LogP contribution in [0.5, 0.6) is 0 Å². The van der Waals surface area contributed by atoms with Crippen molar-refractivity contribution in [3.05, 3.63) is 0 Å². The van der Waals surface area contributed by atoms with Gasteiger partial charge < -0.3 is 10.1 Å². The molecule has 0 amide bonds. The van der Waals surface area contributed by atoms with Gasteiger partial charge in [0.25, 0.3) is 0 Å². The molecule has 2 unspecified atom stereocenters. The van der Waals surface area contributed by atoms with Crippen molar-refractivity contribution < 1.29 is 13.2 Å². The van der Waals surface area contributed by atoms with Crippen LogP contribution in [0.15, 0.2) is 0 Å². The van der Waals surface area contributed by atoms with Crippen LogP contribution in [0.3, 0.4) is 0 Å². The average Bonchev–Trinajstić information content (AvgIpc) is 2.74. The van der Waals surface area contributed by atoms with Gasteiger partial charge in [-0.25, -0.2) is 13.1 Å². The van der Waals surface area contributed by atoms with Crippen molar-refractivity contribution in [3.8, 4) is 0 Å². The summed E-state index contributed by atoms with van der Waals surface area (Å²) < 4.78 is 31.6. The van der Waals surface area contributed by atoms with Crippen molar-refractivity contribution in [2.24, 2.45) is 5.92 Å². The molecule has 5 nitrogen and oxygen atoms in total. The second-order valence-electron chi connectivity index (χ2n) is 4.49. The third-order valence-electron chi connectivity index (χ3n) is 3.15. The average molecular weight is 264 g/mol. The van der Waals surface area contributed by atoms with E-state index in [0.29, 0.717) is 18.9 Å². The topological polar surface area (TPSA) is 67.4 Å². The summed E-state index contributed by atoms with van der Waals surface area (Å²) in [4.78, 5) is 0. The molecule has 1 fully saturated rings. The Morgan fingerprint density at radius 3 is 2.82 bits per heavy atom. The Morgan fingerprint density at radius 1 is 1.41 bits per heavy atom. The minimum absolute atomic E-state index is 0.193. The first-order chi connectivity index (χ1) is 8.09. The first kappa shape index (κ1) is 14.9. The molecule has 1 saturated heterocycles. The van der Waals surface area contributed by atoms with Crippen LogP contribution in [-0.2, 0) is 14.8 Å². The smallest absolute Gasteiger partial charge is 0.211 e. The lowest BCUT2D eigenvalue weighted by molar-refractivity contribution is 0.0884. The predicted molar refractivity (Wildman–Crippen MR) is 68.5 cm³/mol. The second-order valence-corrected chi connectivity index (χ2v) is 6.42. The molecule has 0 aromatic heterocycles. The van der Waals surface area contributed by atoms with Gasteiger partial charge in [-0.2, -0.15) is 0 Å². The summed E-state index contributed by atoms with van der Waals surface area (Å²) >= 11 is 0. The second kappa shape index (κ2) is 7.31. The summed E-state index contributed by atoms with van der Waals surface area (Å²) in [5.41, 5.74) is 0. The van der Waals surface area contributed by atoms with E-state index in [4.69, 9.17) is 4.74 Å². The first-order valence-electron chi connectivity index (χ1n) is 6.32. The number of nitrogens with one attached hydrogen (secondary N) is 2. The zero-order chi connectivity index (χ0) is 12.7. The molecule has 1 aliphatic rings. The molecule has 17 heavy (non-hydrogen) atoms. The molecule has 0 saturated carbocycles. The van der Waals surface area contributed by atoms with Gasteiger partial charge in [-0.05, 0) is 32.9 Å². The summed E-state index contributed by atoms with van der Waals surface area (Å²) in [6, 6.07) is 0. The zero-order valence-corrected chi connectivity index (χ0v) is 11.6. The third kappa shape index (κ3) is 5.33. The lowest BCUT2D eigenvalue weighted by Crippen LogP contribution is -2.34. The van der Waals surface area contributed by atoms with E-state index in [-0.39, 0.29) is 11.9 Å². The largest absolute Gasteiger partial charge is 0.378 e. The van der Waals surface area contributed by atoms with Crippen LogP contribution in [0.2, 0.25) is 0 Å². The van der Waals surface area contributed by atoms with Crippen molar-refractivity contribution in [3.63, 3.8) is 0 Å². The molecule has 2 N–H and O–H groups in total. The lowest BCUT2D eigenvalue weighted by atomic mass is 10.0. The predicted octanol–water partition coefficient (Wildman–Crippen LogP) is 0.330.